The van der Waals surface area contributed by atoms with Gasteiger partial charge in [0.05, 0.1) is 11.0 Å². The number of benzene rings is 1. The van der Waals surface area contributed by atoms with Gasteiger partial charge < -0.3 is 5.32 Å². The average molecular weight is 277 g/mol. The molecule has 0 aliphatic carbocycles. The molecule has 0 aliphatic rings. The van der Waals surface area contributed by atoms with Crippen LogP contribution < -0.4 is 5.32 Å². The lowest BCUT2D eigenvalue weighted by Gasteiger charge is -2.16. The Morgan fingerprint density at radius 3 is 2.84 bits per heavy atom. The molecule has 0 fully saturated rings. The van der Waals surface area contributed by atoms with Crippen molar-refractivity contribution in [2.75, 3.05) is 5.32 Å². The van der Waals surface area contributed by atoms with Gasteiger partial charge in [0.1, 0.15) is 5.01 Å². The van der Waals surface area contributed by atoms with Crippen LogP contribution >= 0.6 is 11.3 Å². The first-order valence-electron chi connectivity index (χ1n) is 6.02. The molecule has 6 heteroatoms. The first kappa shape index (κ1) is 13.5. The van der Waals surface area contributed by atoms with E-state index in [1.54, 1.807) is 36.6 Å². The summed E-state index contributed by atoms with van der Waals surface area (Å²) in [5, 5.41) is 17.1. The molecule has 0 saturated heterocycles. The zero-order valence-electron chi connectivity index (χ0n) is 10.8. The summed E-state index contributed by atoms with van der Waals surface area (Å²) in [6, 6.07) is 5.21. The van der Waals surface area contributed by atoms with E-state index in [1.807, 2.05) is 5.38 Å². The zero-order chi connectivity index (χ0) is 13.8. The van der Waals surface area contributed by atoms with E-state index in [0.29, 0.717) is 5.56 Å². The van der Waals surface area contributed by atoms with Gasteiger partial charge in [-0.15, -0.1) is 11.3 Å². The maximum Gasteiger partial charge on any atom is 0.272 e. The minimum absolute atomic E-state index is 0.140. The van der Waals surface area contributed by atoms with E-state index < -0.39 is 0 Å². The number of rotatable bonds is 5. The van der Waals surface area contributed by atoms with E-state index in [9.17, 15) is 10.1 Å². The number of aromatic nitrogens is 1. The SMILES string of the molecule is CCC(Nc1ccc([N+](=O)[O-])c(C)c1)c1nccs1. The van der Waals surface area contributed by atoms with Gasteiger partial charge >= 0.3 is 0 Å². The van der Waals surface area contributed by atoms with Crippen molar-refractivity contribution in [3.8, 4) is 0 Å². The van der Waals surface area contributed by atoms with E-state index >= 15 is 0 Å². The van der Waals surface area contributed by atoms with Crippen LogP contribution in [0.3, 0.4) is 0 Å². The Hall–Kier alpha value is -1.95. The van der Waals surface area contributed by atoms with Crippen LogP contribution in [-0.2, 0) is 0 Å². The van der Waals surface area contributed by atoms with Gasteiger partial charge in [-0.1, -0.05) is 6.92 Å². The summed E-state index contributed by atoms with van der Waals surface area (Å²) in [4.78, 5) is 14.7. The largest absolute Gasteiger partial charge is 0.376 e. The van der Waals surface area contributed by atoms with Gasteiger partial charge in [0.2, 0.25) is 0 Å². The van der Waals surface area contributed by atoms with E-state index in [4.69, 9.17) is 0 Å². The van der Waals surface area contributed by atoms with Crippen LogP contribution in [0.5, 0.6) is 0 Å². The summed E-state index contributed by atoms with van der Waals surface area (Å²) in [5.74, 6) is 0. The molecule has 2 rings (SSSR count). The van der Waals surface area contributed by atoms with E-state index in [1.165, 1.54) is 6.07 Å². The second-order valence-corrected chi connectivity index (χ2v) is 5.16. The molecular formula is C13H15N3O2S. The quantitative estimate of drug-likeness (QED) is 0.664. The first-order valence-corrected chi connectivity index (χ1v) is 6.90. The molecule has 2 aromatic rings. The van der Waals surface area contributed by atoms with Crippen molar-refractivity contribution < 1.29 is 4.92 Å². The summed E-state index contributed by atoms with van der Waals surface area (Å²) in [6.07, 6.45) is 2.69. The zero-order valence-corrected chi connectivity index (χ0v) is 11.6. The third kappa shape index (κ3) is 3.08. The topological polar surface area (TPSA) is 68.1 Å². The van der Waals surface area contributed by atoms with Crippen molar-refractivity contribution in [1.29, 1.82) is 0 Å². The number of nitrogens with zero attached hydrogens (tertiary/aromatic N) is 2. The van der Waals surface area contributed by atoms with Crippen LogP contribution in [0.2, 0.25) is 0 Å². The van der Waals surface area contributed by atoms with Crippen molar-refractivity contribution in [1.82, 2.24) is 4.98 Å². The maximum absolute atomic E-state index is 10.8. The van der Waals surface area contributed by atoms with Crippen molar-refractivity contribution in [3.05, 3.63) is 50.5 Å². The van der Waals surface area contributed by atoms with Crippen LogP contribution in [0.15, 0.2) is 29.8 Å². The van der Waals surface area contributed by atoms with Crippen molar-refractivity contribution in [3.63, 3.8) is 0 Å². The molecule has 1 aromatic carbocycles. The third-order valence-corrected chi connectivity index (χ3v) is 3.78. The molecule has 1 heterocycles. The minimum Gasteiger partial charge on any atom is -0.376 e. The molecule has 1 aromatic heterocycles. The lowest BCUT2D eigenvalue weighted by Crippen LogP contribution is -2.09. The monoisotopic (exact) mass is 277 g/mol. The normalized spacial score (nSPS) is 12.1. The summed E-state index contributed by atoms with van der Waals surface area (Å²) in [6.45, 7) is 3.82. The van der Waals surface area contributed by atoms with Crippen LogP contribution in [-0.4, -0.2) is 9.91 Å². The fraction of sp³-hybridized carbons (Fsp3) is 0.308. The van der Waals surface area contributed by atoms with Gasteiger partial charge in [0.15, 0.2) is 0 Å². The second-order valence-electron chi connectivity index (χ2n) is 4.23. The van der Waals surface area contributed by atoms with Gasteiger partial charge in [-0.3, -0.25) is 10.1 Å². The lowest BCUT2D eigenvalue weighted by molar-refractivity contribution is -0.385. The standard InChI is InChI=1S/C13H15N3O2S/c1-3-11(13-14-6-7-19-13)15-10-4-5-12(16(17)18)9(2)8-10/h4-8,11,15H,3H2,1-2H3. The Morgan fingerprint density at radius 2 is 2.32 bits per heavy atom. The number of hydrogen-bond acceptors (Lipinski definition) is 5. The third-order valence-electron chi connectivity index (χ3n) is 2.89. The van der Waals surface area contributed by atoms with Crippen molar-refractivity contribution in [2.45, 2.75) is 26.3 Å². The van der Waals surface area contributed by atoms with Gasteiger partial charge in [-0.05, 0) is 25.5 Å². The fourth-order valence-electron chi connectivity index (χ4n) is 1.90. The number of hydrogen-bond donors (Lipinski definition) is 1. The summed E-state index contributed by atoms with van der Waals surface area (Å²) in [7, 11) is 0. The van der Waals surface area contributed by atoms with E-state index in [0.717, 1.165) is 17.1 Å². The molecule has 100 valence electrons. The number of thiazole rings is 1. The summed E-state index contributed by atoms with van der Waals surface area (Å²) < 4.78 is 0. The number of nitro groups is 1. The Kier molecular flexibility index (Phi) is 4.11. The molecule has 0 radical (unpaired) electrons. The highest BCUT2D eigenvalue weighted by Gasteiger charge is 2.14. The van der Waals surface area contributed by atoms with Gasteiger partial charge in [0, 0.05) is 28.9 Å². The highest BCUT2D eigenvalue weighted by atomic mass is 32.1. The van der Waals surface area contributed by atoms with Crippen molar-refractivity contribution >= 4 is 22.7 Å². The Morgan fingerprint density at radius 1 is 1.53 bits per heavy atom. The fourth-order valence-corrected chi connectivity index (χ4v) is 2.67. The first-order chi connectivity index (χ1) is 9.11. The highest BCUT2D eigenvalue weighted by molar-refractivity contribution is 7.09. The molecular weight excluding hydrogens is 262 g/mol. The predicted octanol–water partition coefficient (Wildman–Crippen LogP) is 3.92. The molecule has 1 atom stereocenters. The Bertz CT molecular complexity index is 569. The number of aryl methyl sites for hydroxylation is 1. The average Bonchev–Trinajstić information content (AvgIpc) is 2.89. The molecule has 1 N–H and O–H groups in total. The summed E-state index contributed by atoms with van der Waals surface area (Å²) in [5.41, 5.74) is 1.68. The highest BCUT2D eigenvalue weighted by Crippen LogP contribution is 2.27. The van der Waals surface area contributed by atoms with Crippen LogP contribution in [0, 0.1) is 17.0 Å². The van der Waals surface area contributed by atoms with Gasteiger partial charge in [0.25, 0.3) is 5.69 Å². The molecule has 5 nitrogen and oxygen atoms in total. The maximum atomic E-state index is 10.8. The number of nitro benzene ring substituents is 1. The second kappa shape index (κ2) is 5.79. The van der Waals surface area contributed by atoms with Crippen LogP contribution in [0.4, 0.5) is 11.4 Å². The number of anilines is 1. The Balaban J connectivity index is 2.19. The lowest BCUT2D eigenvalue weighted by atomic mass is 10.1. The molecule has 0 amide bonds. The molecule has 1 unspecified atom stereocenters. The van der Waals surface area contributed by atoms with E-state index in [-0.39, 0.29) is 16.7 Å². The van der Waals surface area contributed by atoms with Gasteiger partial charge in [-0.25, -0.2) is 4.98 Å². The predicted molar refractivity (Wildman–Crippen MR) is 76.6 cm³/mol. The van der Waals surface area contributed by atoms with Crippen molar-refractivity contribution in [2.24, 2.45) is 0 Å². The summed E-state index contributed by atoms with van der Waals surface area (Å²) >= 11 is 1.61. The van der Waals surface area contributed by atoms with Crippen LogP contribution in [0.25, 0.3) is 0 Å². The molecule has 0 spiro atoms. The molecule has 19 heavy (non-hydrogen) atoms. The van der Waals surface area contributed by atoms with E-state index in [2.05, 4.69) is 17.2 Å². The molecule has 0 saturated carbocycles. The molecule has 0 bridgehead atoms. The minimum atomic E-state index is -0.364. The van der Waals surface area contributed by atoms with Gasteiger partial charge in [-0.2, -0.15) is 0 Å². The van der Waals surface area contributed by atoms with Crippen LogP contribution in [0.1, 0.15) is 30.0 Å². The number of nitrogens with one attached hydrogen (secondary N) is 1. The smallest absolute Gasteiger partial charge is 0.272 e. The molecule has 0 aliphatic heterocycles. The Labute approximate surface area is 115 Å².